The normalized spacial score (nSPS) is 11.3. The summed E-state index contributed by atoms with van der Waals surface area (Å²) in [7, 11) is -4.05. The first-order chi connectivity index (χ1) is 14.8. The molecule has 0 saturated heterocycles. The number of aryl methyl sites for hydroxylation is 2. The zero-order valence-electron chi connectivity index (χ0n) is 16.8. The lowest BCUT2D eigenvalue weighted by molar-refractivity contribution is -0.119. The van der Waals surface area contributed by atoms with Crippen LogP contribution >= 0.6 is 23.2 Å². The molecule has 1 N–H and O–H groups in total. The fourth-order valence-electron chi connectivity index (χ4n) is 2.91. The summed E-state index contributed by atoms with van der Waals surface area (Å²) in [5, 5.41) is 3.24. The van der Waals surface area contributed by atoms with Gasteiger partial charge in [-0.25, -0.2) is 13.4 Å². The molecular weight excluding hydrogens is 459 g/mol. The number of amides is 1. The summed E-state index contributed by atoms with van der Waals surface area (Å²) in [6.45, 7) is 2.51. The van der Waals surface area contributed by atoms with Crippen LogP contribution in [0.4, 0.5) is 5.69 Å². The van der Waals surface area contributed by atoms with Gasteiger partial charge in [0.25, 0.3) is 10.0 Å². The van der Waals surface area contributed by atoms with Crippen molar-refractivity contribution in [3.63, 3.8) is 0 Å². The number of carbonyl (C=O) groups excluding carboxylic acids is 1. The Morgan fingerprint density at radius 3 is 2.58 bits per heavy atom. The molecule has 10 heteroatoms. The first kappa shape index (κ1) is 23.1. The average Bonchev–Trinajstić information content (AvgIpc) is 3.25. The number of sulfonamides is 1. The Bertz CT molecular complexity index is 1130. The summed E-state index contributed by atoms with van der Waals surface area (Å²) >= 11 is 12.3. The van der Waals surface area contributed by atoms with E-state index in [2.05, 4.69) is 10.3 Å². The predicted molar refractivity (Wildman–Crippen MR) is 122 cm³/mol. The van der Waals surface area contributed by atoms with E-state index in [1.165, 1.54) is 24.3 Å². The van der Waals surface area contributed by atoms with E-state index in [1.54, 1.807) is 30.7 Å². The lowest BCUT2D eigenvalue weighted by atomic mass is 10.2. The third-order valence-electron chi connectivity index (χ3n) is 4.55. The van der Waals surface area contributed by atoms with Crippen LogP contribution in [0.1, 0.15) is 12.0 Å². The lowest BCUT2D eigenvalue weighted by Crippen LogP contribution is -2.41. The first-order valence-electron chi connectivity index (χ1n) is 9.54. The topological polar surface area (TPSA) is 84.3 Å². The van der Waals surface area contributed by atoms with Gasteiger partial charge in [0.15, 0.2) is 0 Å². The van der Waals surface area contributed by atoms with E-state index in [0.717, 1.165) is 9.87 Å². The van der Waals surface area contributed by atoms with E-state index in [4.69, 9.17) is 23.2 Å². The van der Waals surface area contributed by atoms with Crippen molar-refractivity contribution in [1.29, 1.82) is 0 Å². The first-order valence-corrected chi connectivity index (χ1v) is 11.7. The number of anilines is 1. The van der Waals surface area contributed by atoms with Gasteiger partial charge in [0.2, 0.25) is 5.91 Å². The third-order valence-corrected chi connectivity index (χ3v) is 6.88. The number of halogens is 2. The smallest absolute Gasteiger partial charge is 0.264 e. The van der Waals surface area contributed by atoms with Crippen molar-refractivity contribution in [1.82, 2.24) is 14.9 Å². The lowest BCUT2D eigenvalue weighted by Gasteiger charge is -2.25. The minimum atomic E-state index is -4.05. The number of benzene rings is 2. The van der Waals surface area contributed by atoms with Gasteiger partial charge in [0.05, 0.1) is 21.9 Å². The maximum atomic E-state index is 13.4. The van der Waals surface area contributed by atoms with Crippen LogP contribution in [-0.2, 0) is 21.4 Å². The van der Waals surface area contributed by atoms with Gasteiger partial charge in [0, 0.05) is 30.5 Å². The molecule has 0 atom stereocenters. The van der Waals surface area contributed by atoms with Gasteiger partial charge in [-0.2, -0.15) is 0 Å². The molecule has 3 aromatic rings. The molecule has 0 bridgehead atoms. The van der Waals surface area contributed by atoms with Gasteiger partial charge in [-0.15, -0.1) is 0 Å². The molecular formula is C21H22Cl2N4O3S. The van der Waals surface area contributed by atoms with E-state index in [-0.39, 0.29) is 15.6 Å². The Morgan fingerprint density at radius 1 is 1.16 bits per heavy atom. The Labute approximate surface area is 191 Å². The number of nitrogens with one attached hydrogen (secondary N) is 1. The molecule has 2 aromatic carbocycles. The van der Waals surface area contributed by atoms with Crippen molar-refractivity contribution < 1.29 is 13.2 Å². The van der Waals surface area contributed by atoms with E-state index >= 15 is 0 Å². The number of aromatic nitrogens is 2. The van der Waals surface area contributed by atoms with Gasteiger partial charge in [-0.05, 0) is 43.7 Å². The van der Waals surface area contributed by atoms with E-state index in [9.17, 15) is 13.2 Å². The molecule has 0 unspecified atom stereocenters. The standard InChI is InChI=1S/C21H22Cl2N4O3S/c1-16-3-6-18(7-4-16)31(29,30)27(20-13-17(22)5-8-19(20)23)14-21(28)25-9-2-11-26-12-10-24-15-26/h3-8,10,12-13,15H,2,9,11,14H2,1H3,(H,25,28). The minimum absolute atomic E-state index is 0.0575. The molecule has 0 aliphatic carbocycles. The predicted octanol–water partition coefficient (Wildman–Crippen LogP) is 3.90. The zero-order chi connectivity index (χ0) is 22.4. The van der Waals surface area contributed by atoms with Crippen LogP contribution in [0.25, 0.3) is 0 Å². The number of hydrogen-bond acceptors (Lipinski definition) is 4. The fraction of sp³-hybridized carbons (Fsp3) is 0.238. The van der Waals surface area contributed by atoms with Crippen LogP contribution in [0.3, 0.4) is 0 Å². The number of hydrogen-bond donors (Lipinski definition) is 1. The average molecular weight is 481 g/mol. The van der Waals surface area contributed by atoms with Gasteiger partial charge in [-0.1, -0.05) is 40.9 Å². The maximum Gasteiger partial charge on any atom is 0.264 e. The van der Waals surface area contributed by atoms with E-state index < -0.39 is 22.5 Å². The van der Waals surface area contributed by atoms with Crippen LogP contribution in [0.5, 0.6) is 0 Å². The quantitative estimate of drug-likeness (QED) is 0.470. The highest BCUT2D eigenvalue weighted by molar-refractivity contribution is 7.92. The van der Waals surface area contributed by atoms with Crippen LogP contribution in [0, 0.1) is 6.92 Å². The highest BCUT2D eigenvalue weighted by Crippen LogP contribution is 2.32. The summed E-state index contributed by atoms with van der Waals surface area (Å²) in [6, 6.07) is 10.9. The second-order valence-electron chi connectivity index (χ2n) is 6.92. The van der Waals surface area contributed by atoms with Crippen molar-refractivity contribution in [2.45, 2.75) is 24.8 Å². The molecule has 0 saturated carbocycles. The number of imidazole rings is 1. The maximum absolute atomic E-state index is 13.4. The minimum Gasteiger partial charge on any atom is -0.354 e. The molecule has 1 aromatic heterocycles. The highest BCUT2D eigenvalue weighted by atomic mass is 35.5. The SMILES string of the molecule is Cc1ccc(S(=O)(=O)N(CC(=O)NCCCn2ccnc2)c2cc(Cl)ccc2Cl)cc1. The monoisotopic (exact) mass is 480 g/mol. The Morgan fingerprint density at radius 2 is 1.90 bits per heavy atom. The number of rotatable bonds is 9. The molecule has 0 spiro atoms. The van der Waals surface area contributed by atoms with Crippen LogP contribution < -0.4 is 9.62 Å². The largest absolute Gasteiger partial charge is 0.354 e. The van der Waals surface area contributed by atoms with Crippen LogP contribution in [0.2, 0.25) is 10.0 Å². The summed E-state index contributed by atoms with van der Waals surface area (Å²) in [4.78, 5) is 16.6. The molecule has 0 radical (unpaired) electrons. The molecule has 3 rings (SSSR count). The van der Waals surface area contributed by atoms with Crippen molar-refractivity contribution in [2.75, 3.05) is 17.4 Å². The van der Waals surface area contributed by atoms with E-state index in [1.807, 2.05) is 17.7 Å². The molecule has 0 fully saturated rings. The van der Waals surface area contributed by atoms with Gasteiger partial charge >= 0.3 is 0 Å². The zero-order valence-corrected chi connectivity index (χ0v) is 19.2. The van der Waals surface area contributed by atoms with Crippen LogP contribution in [-0.4, -0.2) is 37.0 Å². The van der Waals surface area contributed by atoms with Crippen LogP contribution in [0.15, 0.2) is 66.1 Å². The Kier molecular flexibility index (Phi) is 7.59. The van der Waals surface area contributed by atoms with Crippen molar-refractivity contribution in [2.24, 2.45) is 0 Å². The second kappa shape index (κ2) is 10.2. The summed E-state index contributed by atoms with van der Waals surface area (Å²) in [5.74, 6) is -0.447. The molecule has 164 valence electrons. The molecule has 1 heterocycles. The molecule has 7 nitrogen and oxygen atoms in total. The van der Waals surface area contributed by atoms with Gasteiger partial charge in [-0.3, -0.25) is 9.10 Å². The van der Waals surface area contributed by atoms with E-state index in [0.29, 0.717) is 24.5 Å². The Balaban J connectivity index is 1.79. The van der Waals surface area contributed by atoms with Crippen molar-refractivity contribution in [3.8, 4) is 0 Å². The third kappa shape index (κ3) is 6.00. The summed E-state index contributed by atoms with van der Waals surface area (Å²) < 4.78 is 29.6. The van der Waals surface area contributed by atoms with Crippen molar-refractivity contribution in [3.05, 3.63) is 76.8 Å². The van der Waals surface area contributed by atoms with Gasteiger partial charge < -0.3 is 9.88 Å². The van der Waals surface area contributed by atoms with Gasteiger partial charge in [0.1, 0.15) is 6.54 Å². The highest BCUT2D eigenvalue weighted by Gasteiger charge is 2.29. The molecule has 31 heavy (non-hydrogen) atoms. The fourth-order valence-corrected chi connectivity index (χ4v) is 4.78. The molecule has 0 aliphatic rings. The molecule has 1 amide bonds. The summed E-state index contributed by atoms with van der Waals surface area (Å²) in [6.07, 6.45) is 5.88. The number of carbonyl (C=O) groups is 1. The summed E-state index contributed by atoms with van der Waals surface area (Å²) in [5.41, 5.74) is 1.06. The van der Waals surface area contributed by atoms with Crippen molar-refractivity contribution >= 4 is 44.8 Å². The Hall–Kier alpha value is -2.55. The number of nitrogens with zero attached hydrogens (tertiary/aromatic N) is 3. The molecule has 0 aliphatic heterocycles. The second-order valence-corrected chi connectivity index (χ2v) is 9.63.